The second kappa shape index (κ2) is 3.92. The highest BCUT2D eigenvalue weighted by atomic mass is 16.3. The van der Waals surface area contributed by atoms with E-state index in [4.69, 9.17) is 5.11 Å². The van der Waals surface area contributed by atoms with Crippen LogP contribution in [-0.4, -0.2) is 28.9 Å². The molecular formula is C13H16N2O. The predicted molar refractivity (Wildman–Crippen MR) is 64.5 cm³/mol. The quantitative estimate of drug-likeness (QED) is 0.799. The van der Waals surface area contributed by atoms with E-state index in [0.717, 1.165) is 13.0 Å². The van der Waals surface area contributed by atoms with E-state index < -0.39 is 0 Å². The van der Waals surface area contributed by atoms with Crippen molar-refractivity contribution in [3.05, 3.63) is 36.5 Å². The first-order valence-corrected chi connectivity index (χ1v) is 5.78. The van der Waals surface area contributed by atoms with Crippen LogP contribution in [0.2, 0.25) is 0 Å². The highest BCUT2D eigenvalue weighted by Gasteiger charge is 2.24. The number of rotatable bonds is 2. The van der Waals surface area contributed by atoms with Crippen LogP contribution in [0.3, 0.4) is 0 Å². The molecule has 0 bridgehead atoms. The molecule has 84 valence electrons. The third kappa shape index (κ3) is 1.52. The smallest absolute Gasteiger partial charge is 0.0585 e. The van der Waals surface area contributed by atoms with Crippen molar-refractivity contribution >= 4 is 10.9 Å². The van der Waals surface area contributed by atoms with Gasteiger partial charge in [-0.05, 0) is 23.9 Å². The maximum absolute atomic E-state index is 9.12. The molecule has 3 heteroatoms. The summed E-state index contributed by atoms with van der Waals surface area (Å²) in [5.41, 5.74) is 1.29. The summed E-state index contributed by atoms with van der Waals surface area (Å²) in [6, 6.07) is 11.3. The molecule has 0 amide bonds. The lowest BCUT2D eigenvalue weighted by Gasteiger charge is -2.13. The zero-order valence-electron chi connectivity index (χ0n) is 9.13. The molecule has 1 aliphatic heterocycles. The Labute approximate surface area is 94.7 Å². The molecule has 0 unspecified atom stereocenters. The molecule has 2 atom stereocenters. The first-order valence-electron chi connectivity index (χ1n) is 5.78. The summed E-state index contributed by atoms with van der Waals surface area (Å²) in [5, 5.41) is 13.7. The molecule has 3 rings (SSSR count). The second-order valence-corrected chi connectivity index (χ2v) is 4.46. The first-order chi connectivity index (χ1) is 7.88. The van der Waals surface area contributed by atoms with Gasteiger partial charge in [-0.15, -0.1) is 0 Å². The third-order valence-corrected chi connectivity index (χ3v) is 3.44. The minimum absolute atomic E-state index is 0.232. The van der Waals surface area contributed by atoms with Crippen molar-refractivity contribution in [2.45, 2.75) is 18.5 Å². The topological polar surface area (TPSA) is 37.2 Å². The second-order valence-electron chi connectivity index (χ2n) is 4.46. The van der Waals surface area contributed by atoms with Crippen molar-refractivity contribution in [3.8, 4) is 0 Å². The summed E-state index contributed by atoms with van der Waals surface area (Å²) in [4.78, 5) is 0. The first kappa shape index (κ1) is 9.87. The van der Waals surface area contributed by atoms with E-state index in [2.05, 4.69) is 46.4 Å². The molecule has 1 aromatic heterocycles. The van der Waals surface area contributed by atoms with Crippen LogP contribution in [0.4, 0.5) is 0 Å². The third-order valence-electron chi connectivity index (χ3n) is 3.44. The van der Waals surface area contributed by atoms with E-state index in [-0.39, 0.29) is 12.6 Å². The van der Waals surface area contributed by atoms with Gasteiger partial charge in [-0.3, -0.25) is 0 Å². The Morgan fingerprint density at radius 3 is 3.00 bits per heavy atom. The Kier molecular flexibility index (Phi) is 2.42. The molecular weight excluding hydrogens is 200 g/mol. The number of aliphatic hydroxyl groups is 1. The van der Waals surface area contributed by atoms with Crippen LogP contribution in [0.15, 0.2) is 36.5 Å². The molecule has 1 aliphatic rings. The fourth-order valence-electron chi connectivity index (χ4n) is 2.57. The maximum atomic E-state index is 9.12. The summed E-state index contributed by atoms with van der Waals surface area (Å²) in [6.45, 7) is 1.18. The zero-order chi connectivity index (χ0) is 11.0. The number of benzene rings is 1. The van der Waals surface area contributed by atoms with Gasteiger partial charge in [0.25, 0.3) is 0 Å². The fourth-order valence-corrected chi connectivity index (χ4v) is 2.57. The van der Waals surface area contributed by atoms with E-state index in [0.29, 0.717) is 6.04 Å². The molecule has 0 saturated carbocycles. The Morgan fingerprint density at radius 2 is 2.19 bits per heavy atom. The summed E-state index contributed by atoms with van der Waals surface area (Å²) in [7, 11) is 0. The van der Waals surface area contributed by atoms with Gasteiger partial charge in [0.1, 0.15) is 0 Å². The number of hydrogen-bond acceptors (Lipinski definition) is 2. The summed E-state index contributed by atoms with van der Waals surface area (Å²) in [5.74, 6) is 0. The molecule has 0 aliphatic carbocycles. The molecule has 2 aromatic rings. The van der Waals surface area contributed by atoms with Gasteiger partial charge in [-0.1, -0.05) is 18.2 Å². The lowest BCUT2D eigenvalue weighted by Crippen LogP contribution is -2.24. The van der Waals surface area contributed by atoms with Crippen molar-refractivity contribution in [2.75, 3.05) is 13.2 Å². The van der Waals surface area contributed by atoms with E-state index in [1.165, 1.54) is 10.9 Å². The number of aromatic nitrogens is 1. The maximum Gasteiger partial charge on any atom is 0.0585 e. The van der Waals surface area contributed by atoms with Gasteiger partial charge in [0.15, 0.2) is 0 Å². The van der Waals surface area contributed by atoms with Gasteiger partial charge in [0.2, 0.25) is 0 Å². The monoisotopic (exact) mass is 216 g/mol. The lowest BCUT2D eigenvalue weighted by molar-refractivity contribution is 0.253. The van der Waals surface area contributed by atoms with Gasteiger partial charge in [-0.2, -0.15) is 0 Å². The number of nitrogens with zero attached hydrogens (tertiary/aromatic N) is 1. The number of hydrogen-bond donors (Lipinski definition) is 2. The summed E-state index contributed by atoms with van der Waals surface area (Å²) >= 11 is 0. The van der Waals surface area contributed by atoms with Crippen molar-refractivity contribution in [2.24, 2.45) is 0 Å². The molecule has 0 spiro atoms. The van der Waals surface area contributed by atoms with E-state index >= 15 is 0 Å². The highest BCUT2D eigenvalue weighted by Crippen LogP contribution is 2.25. The molecule has 16 heavy (non-hydrogen) atoms. The summed E-state index contributed by atoms with van der Waals surface area (Å²) < 4.78 is 2.32. The van der Waals surface area contributed by atoms with Gasteiger partial charge in [-0.25, -0.2) is 0 Å². The minimum Gasteiger partial charge on any atom is -0.395 e. The van der Waals surface area contributed by atoms with Crippen LogP contribution in [0, 0.1) is 0 Å². The predicted octanol–water partition coefficient (Wildman–Crippen LogP) is 1.54. The SMILES string of the molecule is OC[C@@H]1C[C@H](n2ccc3ccccc32)CN1. The molecule has 2 N–H and O–H groups in total. The Morgan fingerprint density at radius 1 is 1.31 bits per heavy atom. The normalized spacial score (nSPS) is 25.3. The van der Waals surface area contributed by atoms with Gasteiger partial charge < -0.3 is 15.0 Å². The number of nitrogens with one attached hydrogen (secondary N) is 1. The van der Waals surface area contributed by atoms with Crippen LogP contribution in [0.5, 0.6) is 0 Å². The number of fused-ring (bicyclic) bond motifs is 1. The van der Waals surface area contributed by atoms with Gasteiger partial charge in [0.05, 0.1) is 6.61 Å². The molecule has 1 fully saturated rings. The van der Waals surface area contributed by atoms with Crippen molar-refractivity contribution in [1.29, 1.82) is 0 Å². The van der Waals surface area contributed by atoms with Crippen molar-refractivity contribution in [3.63, 3.8) is 0 Å². The largest absolute Gasteiger partial charge is 0.395 e. The zero-order valence-corrected chi connectivity index (χ0v) is 9.13. The van der Waals surface area contributed by atoms with Crippen LogP contribution >= 0.6 is 0 Å². The van der Waals surface area contributed by atoms with Crippen LogP contribution in [0.25, 0.3) is 10.9 Å². The number of para-hydroxylation sites is 1. The Balaban J connectivity index is 1.95. The molecule has 1 aromatic carbocycles. The van der Waals surface area contributed by atoms with E-state index in [1.807, 2.05) is 0 Å². The molecule has 3 nitrogen and oxygen atoms in total. The van der Waals surface area contributed by atoms with E-state index in [9.17, 15) is 0 Å². The highest BCUT2D eigenvalue weighted by molar-refractivity contribution is 5.80. The number of aliphatic hydroxyl groups excluding tert-OH is 1. The van der Waals surface area contributed by atoms with E-state index in [1.54, 1.807) is 0 Å². The van der Waals surface area contributed by atoms with Crippen LogP contribution < -0.4 is 5.32 Å². The minimum atomic E-state index is 0.232. The molecule has 2 heterocycles. The Hall–Kier alpha value is -1.32. The molecule has 1 saturated heterocycles. The fraction of sp³-hybridized carbons (Fsp3) is 0.385. The molecule has 0 radical (unpaired) electrons. The van der Waals surface area contributed by atoms with Crippen LogP contribution in [0.1, 0.15) is 12.5 Å². The van der Waals surface area contributed by atoms with Gasteiger partial charge in [0, 0.05) is 30.3 Å². The summed E-state index contributed by atoms with van der Waals surface area (Å²) in [6.07, 6.45) is 3.16. The van der Waals surface area contributed by atoms with Crippen molar-refractivity contribution in [1.82, 2.24) is 9.88 Å². The average molecular weight is 216 g/mol. The lowest BCUT2D eigenvalue weighted by atomic mass is 10.1. The van der Waals surface area contributed by atoms with Crippen molar-refractivity contribution < 1.29 is 5.11 Å². The Bertz CT molecular complexity index is 491. The average Bonchev–Trinajstić information content (AvgIpc) is 2.94. The van der Waals surface area contributed by atoms with Gasteiger partial charge >= 0.3 is 0 Å². The standard InChI is InChI=1S/C13H16N2O/c16-9-11-7-12(8-14-11)15-6-5-10-3-1-2-4-13(10)15/h1-6,11-12,14,16H,7-9H2/t11-,12-/m0/s1. The van der Waals surface area contributed by atoms with Crippen LogP contribution in [-0.2, 0) is 0 Å².